The van der Waals surface area contributed by atoms with Gasteiger partial charge in [-0.15, -0.1) is 0 Å². The second-order valence-electron chi connectivity index (χ2n) is 6.68. The third-order valence-electron chi connectivity index (χ3n) is 4.58. The summed E-state index contributed by atoms with van der Waals surface area (Å²) in [6.45, 7) is 0.329. The number of carbonyl (C=O) groups excluding carboxylic acids is 1. The number of alkyl halides is 2. The summed E-state index contributed by atoms with van der Waals surface area (Å²) >= 11 is 6.16. The van der Waals surface area contributed by atoms with Gasteiger partial charge in [0.25, 0.3) is 5.91 Å². The number of halogens is 3. The van der Waals surface area contributed by atoms with Crippen LogP contribution in [0.1, 0.15) is 29.6 Å². The molecule has 1 saturated heterocycles. The van der Waals surface area contributed by atoms with Crippen LogP contribution in [0.5, 0.6) is 5.88 Å². The molecule has 0 bridgehead atoms. The van der Waals surface area contributed by atoms with Crippen molar-refractivity contribution in [3.63, 3.8) is 0 Å². The van der Waals surface area contributed by atoms with E-state index in [9.17, 15) is 17.8 Å². The van der Waals surface area contributed by atoms with E-state index in [1.165, 1.54) is 31.5 Å². The van der Waals surface area contributed by atoms with Gasteiger partial charge in [0.05, 0.1) is 12.7 Å². The lowest BCUT2D eigenvalue weighted by Gasteiger charge is -2.24. The number of carbonyl (C=O) groups is 1. The molecule has 1 amide bonds. The van der Waals surface area contributed by atoms with E-state index in [1.807, 2.05) is 0 Å². The highest BCUT2D eigenvalue weighted by atomic mass is 35.5. The smallest absolute Gasteiger partial charge is 0.259 e. The van der Waals surface area contributed by atoms with Crippen LogP contribution in [0.25, 0.3) is 0 Å². The minimum absolute atomic E-state index is 0.0244. The number of rotatable bonds is 5. The number of hydrogen-bond donors (Lipinski definition) is 2. The summed E-state index contributed by atoms with van der Waals surface area (Å²) in [7, 11) is -0.441. The zero-order valence-corrected chi connectivity index (χ0v) is 17.6. The second-order valence-corrected chi connectivity index (χ2v) is 8.10. The topological polar surface area (TPSA) is 110 Å². The first-order chi connectivity index (χ1) is 14.2. The molecule has 1 atom stereocenters. The summed E-state index contributed by atoms with van der Waals surface area (Å²) in [5.74, 6) is -3.05. The molecule has 3 rings (SSSR count). The Kier molecular flexibility index (Phi) is 6.84. The van der Waals surface area contributed by atoms with Crippen LogP contribution in [0, 0.1) is 0 Å². The van der Waals surface area contributed by atoms with E-state index in [1.54, 1.807) is 4.90 Å². The van der Waals surface area contributed by atoms with Crippen molar-refractivity contribution in [1.82, 2.24) is 9.97 Å². The van der Waals surface area contributed by atoms with Crippen LogP contribution in [0.3, 0.4) is 0 Å². The number of amides is 1. The van der Waals surface area contributed by atoms with Gasteiger partial charge in [0.15, 0.2) is 0 Å². The molecule has 2 aromatic rings. The number of hydrogen-bond acceptors (Lipinski definition) is 6. The predicted octanol–water partition coefficient (Wildman–Crippen LogP) is 3.00. The van der Waals surface area contributed by atoms with Gasteiger partial charge in [-0.25, -0.2) is 23.1 Å². The Morgan fingerprint density at radius 3 is 2.83 bits per heavy atom. The molecule has 30 heavy (non-hydrogen) atoms. The van der Waals surface area contributed by atoms with Crippen molar-refractivity contribution < 1.29 is 22.5 Å². The van der Waals surface area contributed by atoms with Crippen LogP contribution in [-0.2, 0) is 11.0 Å². The van der Waals surface area contributed by atoms with E-state index >= 15 is 0 Å². The number of aromatic nitrogens is 2. The van der Waals surface area contributed by atoms with Gasteiger partial charge in [-0.2, -0.15) is 4.98 Å². The van der Waals surface area contributed by atoms with Gasteiger partial charge in [-0.05, 0) is 24.6 Å². The summed E-state index contributed by atoms with van der Waals surface area (Å²) in [4.78, 5) is 22.8. The highest BCUT2D eigenvalue weighted by Gasteiger charge is 2.33. The highest BCUT2D eigenvalue weighted by Crippen LogP contribution is 2.34. The number of nitrogens with one attached hydrogen (secondary N) is 1. The molecule has 3 heterocycles. The molecule has 0 aromatic carbocycles. The second kappa shape index (κ2) is 9.19. The van der Waals surface area contributed by atoms with Gasteiger partial charge in [-0.1, -0.05) is 11.6 Å². The molecule has 0 aliphatic carbocycles. The molecule has 1 aliphatic heterocycles. The maximum atomic E-state index is 13.8. The van der Waals surface area contributed by atoms with E-state index in [0.717, 1.165) is 0 Å². The molecular weight excluding hydrogens is 440 g/mol. The van der Waals surface area contributed by atoms with Gasteiger partial charge in [0.1, 0.15) is 26.9 Å². The van der Waals surface area contributed by atoms with Crippen molar-refractivity contribution in [3.8, 4) is 5.88 Å². The summed E-state index contributed by atoms with van der Waals surface area (Å²) in [5, 5.41) is 8.16. The molecule has 3 N–H and O–H groups in total. The molecular formula is C18H20ClF2N5O3S. The largest absolute Gasteiger partial charge is 0.480 e. The third kappa shape index (κ3) is 5.21. The quantitative estimate of drug-likeness (QED) is 0.711. The van der Waals surface area contributed by atoms with Gasteiger partial charge in [0, 0.05) is 37.8 Å². The van der Waals surface area contributed by atoms with E-state index in [0.29, 0.717) is 12.2 Å². The average Bonchev–Trinajstić information content (AvgIpc) is 2.88. The normalized spacial score (nSPS) is 17.2. The SMILES string of the molecule is COc1nc(N2CCCC(F)(F)CC2)c(C(=O)Nc2ccnc(S(N)=O)c2)cc1Cl. The Morgan fingerprint density at radius 2 is 2.13 bits per heavy atom. The molecule has 12 heteroatoms. The van der Waals surface area contributed by atoms with E-state index in [4.69, 9.17) is 21.5 Å². The molecule has 162 valence electrons. The van der Waals surface area contributed by atoms with Gasteiger partial charge >= 0.3 is 0 Å². The van der Waals surface area contributed by atoms with Crippen LogP contribution in [-0.4, -0.2) is 46.2 Å². The molecule has 1 unspecified atom stereocenters. The Labute approximate surface area is 179 Å². The Balaban J connectivity index is 1.95. The van der Waals surface area contributed by atoms with Gasteiger partial charge in [-0.3, -0.25) is 4.79 Å². The number of anilines is 2. The van der Waals surface area contributed by atoms with Gasteiger partial charge < -0.3 is 15.0 Å². The van der Waals surface area contributed by atoms with Crippen LogP contribution < -0.4 is 20.1 Å². The summed E-state index contributed by atoms with van der Waals surface area (Å²) in [6, 6.07) is 4.25. The lowest BCUT2D eigenvalue weighted by molar-refractivity contribution is -0.0102. The highest BCUT2D eigenvalue weighted by molar-refractivity contribution is 7.82. The summed E-state index contributed by atoms with van der Waals surface area (Å²) in [6.07, 6.45) is 1.02. The number of methoxy groups -OCH3 is 1. The lowest BCUT2D eigenvalue weighted by atomic mass is 10.1. The summed E-state index contributed by atoms with van der Waals surface area (Å²) < 4.78 is 44.2. The molecule has 2 aromatic heterocycles. The number of ether oxygens (including phenoxy) is 1. The Morgan fingerprint density at radius 1 is 1.37 bits per heavy atom. The molecule has 0 radical (unpaired) electrons. The van der Waals surface area contributed by atoms with Crippen LogP contribution in [0.4, 0.5) is 20.3 Å². The molecule has 8 nitrogen and oxygen atoms in total. The van der Waals surface area contributed by atoms with Crippen molar-refractivity contribution in [1.29, 1.82) is 0 Å². The first-order valence-electron chi connectivity index (χ1n) is 9.01. The van der Waals surface area contributed by atoms with Crippen molar-refractivity contribution in [2.45, 2.75) is 30.2 Å². The first-order valence-corrected chi connectivity index (χ1v) is 10.6. The maximum Gasteiger partial charge on any atom is 0.259 e. The lowest BCUT2D eigenvalue weighted by Crippen LogP contribution is -2.29. The minimum atomic E-state index is -2.76. The Bertz CT molecular complexity index is 979. The van der Waals surface area contributed by atoms with Crippen LogP contribution in [0.2, 0.25) is 5.02 Å². The summed E-state index contributed by atoms with van der Waals surface area (Å²) in [5.41, 5.74) is 0.405. The first kappa shape index (κ1) is 22.3. The zero-order chi connectivity index (χ0) is 21.9. The van der Waals surface area contributed by atoms with E-state index in [-0.39, 0.29) is 53.1 Å². The van der Waals surface area contributed by atoms with Gasteiger partial charge in [0.2, 0.25) is 11.8 Å². The fourth-order valence-corrected chi connectivity index (χ4v) is 3.72. The molecule has 0 spiro atoms. The predicted molar refractivity (Wildman–Crippen MR) is 110 cm³/mol. The number of nitrogens with zero attached hydrogens (tertiary/aromatic N) is 3. The van der Waals surface area contributed by atoms with Crippen molar-refractivity contribution in [3.05, 3.63) is 35.0 Å². The van der Waals surface area contributed by atoms with Crippen LogP contribution >= 0.6 is 11.6 Å². The molecule has 1 fully saturated rings. The molecule has 0 saturated carbocycles. The van der Waals surface area contributed by atoms with Crippen LogP contribution in [0.15, 0.2) is 29.4 Å². The fraction of sp³-hybridized carbons (Fsp3) is 0.389. The average molecular weight is 460 g/mol. The Hall–Kier alpha value is -2.37. The standard InChI is InChI=1S/C18H20ClF2N5O3S/c1-29-17-13(19)10-12(15(25-17)26-7-2-4-18(20,21)5-8-26)16(27)24-11-3-6-23-14(9-11)30(22)28/h3,6,9-10H,2,4-5,7-8,22H2,1H3,(H,23,24,27). The van der Waals surface area contributed by atoms with E-state index < -0.39 is 22.8 Å². The van der Waals surface area contributed by atoms with Crippen molar-refractivity contribution in [2.24, 2.45) is 5.14 Å². The minimum Gasteiger partial charge on any atom is -0.480 e. The van der Waals surface area contributed by atoms with Crippen molar-refractivity contribution in [2.75, 3.05) is 30.4 Å². The fourth-order valence-electron chi connectivity index (χ4n) is 3.09. The maximum absolute atomic E-state index is 13.8. The third-order valence-corrected chi connectivity index (χ3v) is 5.48. The van der Waals surface area contributed by atoms with E-state index in [2.05, 4.69) is 15.3 Å². The number of pyridine rings is 2. The van der Waals surface area contributed by atoms with Crippen molar-refractivity contribution >= 4 is 40.0 Å². The monoisotopic (exact) mass is 459 g/mol. The zero-order valence-electron chi connectivity index (χ0n) is 16.0. The number of nitrogens with two attached hydrogens (primary N) is 1. The molecule has 1 aliphatic rings.